The Morgan fingerprint density at radius 3 is 2.65 bits per heavy atom. The summed E-state index contributed by atoms with van der Waals surface area (Å²) in [5, 5.41) is 0. The fraction of sp³-hybridized carbons (Fsp3) is 0.529. The van der Waals surface area contributed by atoms with Crippen LogP contribution in [0, 0.1) is 0 Å². The second kappa shape index (κ2) is 6.58. The van der Waals surface area contributed by atoms with Crippen LogP contribution in [-0.4, -0.2) is 68.0 Å². The van der Waals surface area contributed by atoms with Gasteiger partial charge in [-0.05, 0) is 24.2 Å². The summed E-state index contributed by atoms with van der Waals surface area (Å²) >= 11 is 0. The molecule has 3 rings (SSSR count). The van der Waals surface area contributed by atoms with Gasteiger partial charge in [-0.15, -0.1) is 0 Å². The number of hydrogen-bond donors (Lipinski definition) is 0. The van der Waals surface area contributed by atoms with Crippen LogP contribution in [-0.2, 0) is 16.0 Å². The maximum Gasteiger partial charge on any atom is 0.264 e. The largest absolute Gasteiger partial charge is 0.482 e. The highest BCUT2D eigenvalue weighted by Crippen LogP contribution is 2.32. The van der Waals surface area contributed by atoms with E-state index in [1.54, 1.807) is 11.9 Å². The number of piperazine rings is 1. The smallest absolute Gasteiger partial charge is 0.264 e. The molecule has 0 unspecified atom stereocenters. The van der Waals surface area contributed by atoms with Crippen molar-refractivity contribution in [2.24, 2.45) is 0 Å². The SMILES string of the molecule is CCN1CCN(C(=O)Cc2ccc3c(c2)N(C)C(=O)CO3)CC1. The minimum absolute atomic E-state index is 0.0725. The summed E-state index contributed by atoms with van der Waals surface area (Å²) < 4.78 is 5.41. The van der Waals surface area contributed by atoms with Gasteiger partial charge in [0.05, 0.1) is 12.1 Å². The molecule has 2 aliphatic rings. The molecule has 1 saturated heterocycles. The second-order valence-electron chi connectivity index (χ2n) is 6.04. The van der Waals surface area contributed by atoms with Crippen molar-refractivity contribution in [3.8, 4) is 5.75 Å². The number of fused-ring (bicyclic) bond motifs is 1. The molecule has 6 nitrogen and oxygen atoms in total. The first-order valence-corrected chi connectivity index (χ1v) is 8.11. The number of benzene rings is 1. The second-order valence-corrected chi connectivity index (χ2v) is 6.04. The lowest BCUT2D eigenvalue weighted by Gasteiger charge is -2.34. The molecule has 0 aliphatic carbocycles. The normalized spacial score (nSPS) is 18.6. The Kier molecular flexibility index (Phi) is 4.52. The van der Waals surface area contributed by atoms with Crippen molar-refractivity contribution >= 4 is 17.5 Å². The number of ether oxygens (including phenoxy) is 1. The van der Waals surface area contributed by atoms with Crippen LogP contribution in [0.2, 0.25) is 0 Å². The quantitative estimate of drug-likeness (QED) is 0.825. The number of amides is 2. The zero-order valence-electron chi connectivity index (χ0n) is 13.7. The third kappa shape index (κ3) is 3.32. The fourth-order valence-electron chi connectivity index (χ4n) is 3.03. The fourth-order valence-corrected chi connectivity index (χ4v) is 3.03. The number of rotatable bonds is 3. The first kappa shape index (κ1) is 15.8. The maximum absolute atomic E-state index is 12.5. The zero-order chi connectivity index (χ0) is 16.4. The lowest BCUT2D eigenvalue weighted by molar-refractivity contribution is -0.132. The Balaban J connectivity index is 1.67. The van der Waals surface area contributed by atoms with Gasteiger partial charge >= 0.3 is 0 Å². The Bertz CT molecular complexity index is 609. The predicted octanol–water partition coefficient (Wildman–Crippen LogP) is 0.748. The summed E-state index contributed by atoms with van der Waals surface area (Å²) in [7, 11) is 1.74. The number of hydrogen-bond acceptors (Lipinski definition) is 4. The Morgan fingerprint density at radius 1 is 1.22 bits per heavy atom. The topological polar surface area (TPSA) is 53.1 Å². The molecular weight excluding hydrogens is 294 g/mol. The maximum atomic E-state index is 12.5. The van der Waals surface area contributed by atoms with Crippen molar-refractivity contribution in [3.63, 3.8) is 0 Å². The molecule has 1 aromatic rings. The van der Waals surface area contributed by atoms with Crippen LogP contribution < -0.4 is 9.64 Å². The number of carbonyl (C=O) groups excluding carboxylic acids is 2. The van der Waals surface area contributed by atoms with E-state index in [2.05, 4.69) is 11.8 Å². The summed E-state index contributed by atoms with van der Waals surface area (Å²) in [6, 6.07) is 5.63. The van der Waals surface area contributed by atoms with Crippen LogP contribution in [0.5, 0.6) is 5.75 Å². The Labute approximate surface area is 136 Å². The van der Waals surface area contributed by atoms with E-state index in [0.29, 0.717) is 12.2 Å². The summed E-state index contributed by atoms with van der Waals surface area (Å²) in [5.41, 5.74) is 1.65. The van der Waals surface area contributed by atoms with Gasteiger partial charge < -0.3 is 19.4 Å². The highest BCUT2D eigenvalue weighted by atomic mass is 16.5. The monoisotopic (exact) mass is 317 g/mol. The first-order chi connectivity index (χ1) is 11.1. The van der Waals surface area contributed by atoms with Gasteiger partial charge in [-0.2, -0.15) is 0 Å². The van der Waals surface area contributed by atoms with Crippen LogP contribution in [0.25, 0.3) is 0 Å². The van der Waals surface area contributed by atoms with Gasteiger partial charge in [0, 0.05) is 33.2 Å². The standard InChI is InChI=1S/C17H23N3O3/c1-3-19-6-8-20(9-7-19)16(21)11-13-4-5-15-14(10-13)18(2)17(22)12-23-15/h4-5,10H,3,6-9,11-12H2,1-2H3. The third-order valence-corrected chi connectivity index (χ3v) is 4.64. The molecule has 0 aromatic heterocycles. The van der Waals surface area contributed by atoms with Gasteiger partial charge in [-0.1, -0.05) is 13.0 Å². The predicted molar refractivity (Wildman–Crippen MR) is 87.7 cm³/mol. The lowest BCUT2D eigenvalue weighted by atomic mass is 10.1. The number of carbonyl (C=O) groups is 2. The average molecular weight is 317 g/mol. The van der Waals surface area contributed by atoms with Crippen LogP contribution in [0.15, 0.2) is 18.2 Å². The van der Waals surface area contributed by atoms with Crippen LogP contribution in [0.4, 0.5) is 5.69 Å². The number of likely N-dealkylation sites (N-methyl/N-ethyl adjacent to an activating group) is 2. The molecule has 124 valence electrons. The van der Waals surface area contributed by atoms with Crippen molar-refractivity contribution in [1.82, 2.24) is 9.80 Å². The molecule has 0 N–H and O–H groups in total. The van der Waals surface area contributed by atoms with E-state index >= 15 is 0 Å². The van der Waals surface area contributed by atoms with Gasteiger partial charge in [0.1, 0.15) is 5.75 Å². The highest BCUT2D eigenvalue weighted by molar-refractivity contribution is 5.97. The van der Waals surface area contributed by atoms with Gasteiger partial charge in [-0.25, -0.2) is 0 Å². The zero-order valence-corrected chi connectivity index (χ0v) is 13.7. The molecule has 0 atom stereocenters. The lowest BCUT2D eigenvalue weighted by Crippen LogP contribution is -2.48. The molecule has 2 aliphatic heterocycles. The summed E-state index contributed by atoms with van der Waals surface area (Å²) in [4.78, 5) is 30.1. The van der Waals surface area contributed by atoms with Crippen molar-refractivity contribution < 1.29 is 14.3 Å². The van der Waals surface area contributed by atoms with E-state index in [-0.39, 0.29) is 18.4 Å². The average Bonchev–Trinajstić information content (AvgIpc) is 2.58. The molecule has 0 spiro atoms. The molecule has 0 radical (unpaired) electrons. The highest BCUT2D eigenvalue weighted by Gasteiger charge is 2.24. The van der Waals surface area contributed by atoms with E-state index in [4.69, 9.17) is 4.74 Å². The minimum atomic E-state index is -0.0725. The molecule has 0 saturated carbocycles. The van der Waals surface area contributed by atoms with Gasteiger partial charge in [0.15, 0.2) is 6.61 Å². The van der Waals surface area contributed by atoms with Crippen LogP contribution >= 0.6 is 0 Å². The van der Waals surface area contributed by atoms with Gasteiger partial charge in [0.2, 0.25) is 5.91 Å². The first-order valence-electron chi connectivity index (χ1n) is 8.11. The molecule has 1 aromatic carbocycles. The van der Waals surface area contributed by atoms with E-state index in [1.165, 1.54) is 0 Å². The van der Waals surface area contributed by atoms with E-state index in [9.17, 15) is 9.59 Å². The molecular formula is C17H23N3O3. The minimum Gasteiger partial charge on any atom is -0.482 e. The van der Waals surface area contributed by atoms with E-state index in [1.807, 2.05) is 23.1 Å². The number of anilines is 1. The number of nitrogens with zero attached hydrogens (tertiary/aromatic N) is 3. The van der Waals surface area contributed by atoms with Gasteiger partial charge in [-0.3, -0.25) is 9.59 Å². The Hall–Kier alpha value is -2.08. The van der Waals surface area contributed by atoms with Gasteiger partial charge in [0.25, 0.3) is 5.91 Å². The summed E-state index contributed by atoms with van der Waals surface area (Å²) in [6.07, 6.45) is 0.363. The molecule has 6 heteroatoms. The van der Waals surface area contributed by atoms with Crippen molar-refractivity contribution in [3.05, 3.63) is 23.8 Å². The molecule has 23 heavy (non-hydrogen) atoms. The molecule has 2 heterocycles. The summed E-state index contributed by atoms with van der Waals surface area (Å²) in [6.45, 7) is 6.72. The molecule has 2 amide bonds. The van der Waals surface area contributed by atoms with Crippen molar-refractivity contribution in [1.29, 1.82) is 0 Å². The van der Waals surface area contributed by atoms with Crippen LogP contribution in [0.1, 0.15) is 12.5 Å². The van der Waals surface area contributed by atoms with Crippen molar-refractivity contribution in [2.45, 2.75) is 13.3 Å². The van der Waals surface area contributed by atoms with Crippen molar-refractivity contribution in [2.75, 3.05) is 51.3 Å². The molecule has 0 bridgehead atoms. The van der Waals surface area contributed by atoms with Crippen LogP contribution in [0.3, 0.4) is 0 Å². The Morgan fingerprint density at radius 2 is 1.96 bits per heavy atom. The third-order valence-electron chi connectivity index (χ3n) is 4.64. The summed E-state index contributed by atoms with van der Waals surface area (Å²) in [5.74, 6) is 0.767. The molecule has 1 fully saturated rings. The van der Waals surface area contributed by atoms with E-state index < -0.39 is 0 Å². The van der Waals surface area contributed by atoms with E-state index in [0.717, 1.165) is 44.0 Å².